The van der Waals surface area contributed by atoms with Gasteiger partial charge in [-0.05, 0) is 43.8 Å². The Bertz CT molecular complexity index is 324. The summed E-state index contributed by atoms with van der Waals surface area (Å²) in [6.45, 7) is 4.91. The van der Waals surface area contributed by atoms with Gasteiger partial charge in [-0.25, -0.2) is 0 Å². The summed E-state index contributed by atoms with van der Waals surface area (Å²) in [5.74, 6) is 0. The Labute approximate surface area is 101 Å². The number of hydrogen-bond donors (Lipinski definition) is 2. The zero-order valence-corrected chi connectivity index (χ0v) is 10.5. The van der Waals surface area contributed by atoms with Crippen LogP contribution in [0, 0.1) is 0 Å². The van der Waals surface area contributed by atoms with Crippen molar-refractivity contribution < 1.29 is 0 Å². The fourth-order valence-corrected chi connectivity index (χ4v) is 1.69. The van der Waals surface area contributed by atoms with E-state index in [2.05, 4.69) is 17.6 Å². The molecule has 0 aliphatic carbocycles. The molecule has 0 aliphatic heterocycles. The van der Waals surface area contributed by atoms with Crippen molar-refractivity contribution in [3.63, 3.8) is 0 Å². The van der Waals surface area contributed by atoms with Crippen molar-refractivity contribution in [2.75, 3.05) is 6.54 Å². The minimum atomic E-state index is 0.189. The van der Waals surface area contributed by atoms with Crippen LogP contribution in [0.3, 0.4) is 0 Å². The maximum absolute atomic E-state index is 5.81. The number of halogens is 1. The van der Waals surface area contributed by atoms with Crippen molar-refractivity contribution >= 4 is 28.9 Å². The Morgan fingerprint density at radius 2 is 2.00 bits per heavy atom. The monoisotopic (exact) mass is 242 g/mol. The molecule has 1 aromatic rings. The summed E-state index contributed by atoms with van der Waals surface area (Å²) < 4.78 is 0. The van der Waals surface area contributed by atoms with Crippen LogP contribution in [0.15, 0.2) is 24.3 Å². The molecule has 1 unspecified atom stereocenters. The highest BCUT2D eigenvalue weighted by molar-refractivity contribution is 7.80. The second-order valence-electron chi connectivity index (χ2n) is 3.28. The Hall–Kier alpha value is -0.800. The van der Waals surface area contributed by atoms with E-state index in [-0.39, 0.29) is 6.04 Å². The summed E-state index contributed by atoms with van der Waals surface area (Å²) in [7, 11) is 0. The maximum atomic E-state index is 5.81. The molecule has 0 aromatic heterocycles. The van der Waals surface area contributed by atoms with E-state index in [1.807, 2.05) is 31.2 Å². The number of thiocarbonyl (C=S) groups is 1. The summed E-state index contributed by atoms with van der Waals surface area (Å²) in [6.07, 6.45) is 0. The lowest BCUT2D eigenvalue weighted by molar-refractivity contribution is 0.702. The summed E-state index contributed by atoms with van der Waals surface area (Å²) in [5, 5.41) is 7.68. The van der Waals surface area contributed by atoms with Gasteiger partial charge in [-0.1, -0.05) is 23.7 Å². The summed E-state index contributed by atoms with van der Waals surface area (Å²) >= 11 is 10.9. The molecule has 2 N–H and O–H groups in total. The van der Waals surface area contributed by atoms with Gasteiger partial charge in [-0.3, -0.25) is 0 Å². The standard InChI is InChI=1S/C11H15ClN2S/c1-3-13-11(15)14-8(2)9-4-6-10(12)7-5-9/h4-8H,3H2,1-2H3,(H2,13,14,15). The first kappa shape index (κ1) is 12.3. The molecule has 0 bridgehead atoms. The maximum Gasteiger partial charge on any atom is 0.166 e. The average molecular weight is 243 g/mol. The molecule has 4 heteroatoms. The number of rotatable bonds is 3. The molecule has 1 aromatic carbocycles. The molecule has 2 nitrogen and oxygen atoms in total. The average Bonchev–Trinajstić information content (AvgIpc) is 2.18. The van der Waals surface area contributed by atoms with Crippen LogP contribution < -0.4 is 10.6 Å². The van der Waals surface area contributed by atoms with Crippen molar-refractivity contribution in [3.05, 3.63) is 34.9 Å². The molecular formula is C11H15ClN2S. The topological polar surface area (TPSA) is 24.1 Å². The lowest BCUT2D eigenvalue weighted by Crippen LogP contribution is -2.36. The van der Waals surface area contributed by atoms with Crippen LogP contribution >= 0.6 is 23.8 Å². The van der Waals surface area contributed by atoms with Crippen molar-refractivity contribution in [1.82, 2.24) is 10.6 Å². The highest BCUT2D eigenvalue weighted by atomic mass is 35.5. The van der Waals surface area contributed by atoms with E-state index in [1.54, 1.807) is 0 Å². The van der Waals surface area contributed by atoms with Crippen molar-refractivity contribution in [1.29, 1.82) is 0 Å². The van der Waals surface area contributed by atoms with E-state index < -0.39 is 0 Å². The molecule has 1 atom stereocenters. The molecular weight excluding hydrogens is 228 g/mol. The molecule has 0 saturated carbocycles. The van der Waals surface area contributed by atoms with Gasteiger partial charge < -0.3 is 10.6 Å². The quantitative estimate of drug-likeness (QED) is 0.798. The third-order valence-corrected chi connectivity index (χ3v) is 2.57. The third kappa shape index (κ3) is 4.06. The summed E-state index contributed by atoms with van der Waals surface area (Å²) in [6, 6.07) is 7.94. The summed E-state index contributed by atoms with van der Waals surface area (Å²) in [5.41, 5.74) is 1.17. The summed E-state index contributed by atoms with van der Waals surface area (Å²) in [4.78, 5) is 0. The van der Waals surface area contributed by atoms with Gasteiger partial charge in [-0.2, -0.15) is 0 Å². The molecule has 0 spiro atoms. The van der Waals surface area contributed by atoms with Gasteiger partial charge in [0.1, 0.15) is 0 Å². The van der Waals surface area contributed by atoms with Gasteiger partial charge in [0.15, 0.2) is 5.11 Å². The minimum Gasteiger partial charge on any atom is -0.363 e. The van der Waals surface area contributed by atoms with E-state index in [4.69, 9.17) is 23.8 Å². The van der Waals surface area contributed by atoms with Crippen LogP contribution in [0.25, 0.3) is 0 Å². The first-order chi connectivity index (χ1) is 7.13. The highest BCUT2D eigenvalue weighted by Gasteiger charge is 2.05. The first-order valence-electron chi connectivity index (χ1n) is 4.93. The molecule has 15 heavy (non-hydrogen) atoms. The number of hydrogen-bond acceptors (Lipinski definition) is 1. The minimum absolute atomic E-state index is 0.189. The number of nitrogens with one attached hydrogen (secondary N) is 2. The van der Waals surface area contributed by atoms with Gasteiger partial charge >= 0.3 is 0 Å². The molecule has 0 aliphatic rings. The molecule has 0 saturated heterocycles. The van der Waals surface area contributed by atoms with Gasteiger partial charge in [0, 0.05) is 11.6 Å². The van der Waals surface area contributed by atoms with Crippen molar-refractivity contribution in [2.24, 2.45) is 0 Å². The SMILES string of the molecule is CCNC(=S)NC(C)c1ccc(Cl)cc1. The zero-order chi connectivity index (χ0) is 11.3. The van der Waals surface area contributed by atoms with E-state index in [9.17, 15) is 0 Å². The van der Waals surface area contributed by atoms with Crippen LogP contribution in [-0.4, -0.2) is 11.7 Å². The second kappa shape index (κ2) is 5.93. The van der Waals surface area contributed by atoms with E-state index in [0.717, 1.165) is 11.6 Å². The van der Waals surface area contributed by atoms with Crippen molar-refractivity contribution in [2.45, 2.75) is 19.9 Å². The Kier molecular flexibility index (Phi) is 4.85. The highest BCUT2D eigenvalue weighted by Crippen LogP contribution is 2.15. The van der Waals surface area contributed by atoms with Crippen LogP contribution in [-0.2, 0) is 0 Å². The third-order valence-electron chi connectivity index (χ3n) is 2.05. The van der Waals surface area contributed by atoms with Crippen LogP contribution in [0.5, 0.6) is 0 Å². The van der Waals surface area contributed by atoms with E-state index in [0.29, 0.717) is 5.11 Å². The van der Waals surface area contributed by atoms with Crippen molar-refractivity contribution in [3.8, 4) is 0 Å². The van der Waals surface area contributed by atoms with E-state index in [1.165, 1.54) is 5.56 Å². The Morgan fingerprint density at radius 3 is 2.53 bits per heavy atom. The number of benzene rings is 1. The Morgan fingerprint density at radius 1 is 1.40 bits per heavy atom. The molecule has 0 amide bonds. The van der Waals surface area contributed by atoms with Gasteiger partial charge in [0.25, 0.3) is 0 Å². The lowest BCUT2D eigenvalue weighted by Gasteiger charge is -2.16. The van der Waals surface area contributed by atoms with Gasteiger partial charge in [0.05, 0.1) is 6.04 Å². The van der Waals surface area contributed by atoms with Gasteiger partial charge in [0.2, 0.25) is 0 Å². The van der Waals surface area contributed by atoms with E-state index >= 15 is 0 Å². The van der Waals surface area contributed by atoms with Crippen LogP contribution in [0.1, 0.15) is 25.5 Å². The Balaban J connectivity index is 2.57. The molecule has 1 rings (SSSR count). The van der Waals surface area contributed by atoms with Crippen LogP contribution in [0.2, 0.25) is 5.02 Å². The predicted molar refractivity (Wildman–Crippen MR) is 69.3 cm³/mol. The van der Waals surface area contributed by atoms with Crippen LogP contribution in [0.4, 0.5) is 0 Å². The first-order valence-corrected chi connectivity index (χ1v) is 5.72. The normalized spacial score (nSPS) is 11.9. The second-order valence-corrected chi connectivity index (χ2v) is 4.12. The molecule has 82 valence electrons. The molecule has 0 fully saturated rings. The largest absolute Gasteiger partial charge is 0.363 e. The lowest BCUT2D eigenvalue weighted by atomic mass is 10.1. The molecule has 0 heterocycles. The molecule has 0 radical (unpaired) electrons. The van der Waals surface area contributed by atoms with Gasteiger partial charge in [-0.15, -0.1) is 0 Å². The predicted octanol–water partition coefficient (Wildman–Crippen LogP) is 2.89. The fraction of sp³-hybridized carbons (Fsp3) is 0.364. The fourth-order valence-electron chi connectivity index (χ4n) is 1.24. The smallest absolute Gasteiger partial charge is 0.166 e. The zero-order valence-electron chi connectivity index (χ0n) is 8.88.